The zero-order valence-corrected chi connectivity index (χ0v) is 10.5. The van der Waals surface area contributed by atoms with Crippen LogP contribution in [0.2, 0.25) is 0 Å². The van der Waals surface area contributed by atoms with Crippen LogP contribution in [0.3, 0.4) is 0 Å². The second-order valence-electron chi connectivity index (χ2n) is 4.06. The minimum absolute atomic E-state index is 0.314. The molecule has 2 aromatic rings. The van der Waals surface area contributed by atoms with Gasteiger partial charge in [0.25, 0.3) is 0 Å². The molecule has 0 amide bonds. The van der Waals surface area contributed by atoms with Gasteiger partial charge in [0.15, 0.2) is 0 Å². The first-order valence-electron chi connectivity index (χ1n) is 5.63. The molecule has 1 aromatic carbocycles. The zero-order chi connectivity index (χ0) is 13.0. The molecule has 2 nitrogen and oxygen atoms in total. The number of benzene rings is 1. The monoisotopic (exact) mass is 268 g/mol. The van der Waals surface area contributed by atoms with Crippen LogP contribution >= 0.6 is 11.3 Å². The molecule has 0 spiro atoms. The third-order valence-corrected chi connectivity index (χ3v) is 3.57. The molecule has 1 atom stereocenters. The lowest BCUT2D eigenvalue weighted by Crippen LogP contribution is -2.29. The van der Waals surface area contributed by atoms with Crippen LogP contribution in [0.15, 0.2) is 35.0 Å². The number of hydrogen-bond acceptors (Lipinski definition) is 3. The van der Waals surface area contributed by atoms with E-state index in [0.717, 1.165) is 12.5 Å². The van der Waals surface area contributed by atoms with Crippen LogP contribution in [0.1, 0.15) is 23.6 Å². The van der Waals surface area contributed by atoms with Crippen molar-refractivity contribution in [1.82, 2.24) is 5.43 Å². The average molecular weight is 268 g/mol. The van der Waals surface area contributed by atoms with Gasteiger partial charge in [0.2, 0.25) is 0 Å². The first-order valence-corrected chi connectivity index (χ1v) is 6.57. The Morgan fingerprint density at radius 1 is 1.28 bits per heavy atom. The number of rotatable bonds is 5. The van der Waals surface area contributed by atoms with Gasteiger partial charge >= 0.3 is 0 Å². The average Bonchev–Trinajstić information content (AvgIpc) is 2.85. The highest BCUT2D eigenvalue weighted by molar-refractivity contribution is 7.07. The normalized spacial score (nSPS) is 12.6. The van der Waals surface area contributed by atoms with E-state index in [4.69, 9.17) is 5.84 Å². The minimum Gasteiger partial charge on any atom is -0.271 e. The fourth-order valence-corrected chi connectivity index (χ4v) is 2.56. The first kappa shape index (κ1) is 13.1. The molecule has 0 aliphatic carbocycles. The van der Waals surface area contributed by atoms with Gasteiger partial charge in [-0.15, -0.1) is 0 Å². The van der Waals surface area contributed by atoms with E-state index in [0.29, 0.717) is 12.0 Å². The Morgan fingerprint density at radius 2 is 2.11 bits per heavy atom. The van der Waals surface area contributed by atoms with E-state index >= 15 is 0 Å². The Hall–Kier alpha value is -1.30. The topological polar surface area (TPSA) is 38.0 Å². The molecule has 96 valence electrons. The highest BCUT2D eigenvalue weighted by atomic mass is 32.1. The summed E-state index contributed by atoms with van der Waals surface area (Å²) in [6.45, 7) is 0. The number of hydrazine groups is 1. The number of halogens is 2. The van der Waals surface area contributed by atoms with Crippen LogP contribution in [0.5, 0.6) is 0 Å². The SMILES string of the molecule is NNC(CCc1ccsc1)c1ccc(F)cc1F. The third kappa shape index (κ3) is 3.13. The summed E-state index contributed by atoms with van der Waals surface area (Å²) in [6.07, 6.45) is 1.46. The molecular weight excluding hydrogens is 254 g/mol. The van der Waals surface area contributed by atoms with Crippen molar-refractivity contribution in [2.24, 2.45) is 5.84 Å². The lowest BCUT2D eigenvalue weighted by molar-refractivity contribution is 0.480. The minimum atomic E-state index is -0.579. The Labute approximate surface area is 108 Å². The van der Waals surface area contributed by atoms with Crippen LogP contribution in [-0.2, 0) is 6.42 Å². The van der Waals surface area contributed by atoms with Gasteiger partial charge in [-0.1, -0.05) is 6.07 Å². The van der Waals surface area contributed by atoms with Gasteiger partial charge in [0.1, 0.15) is 11.6 Å². The maximum Gasteiger partial charge on any atom is 0.130 e. The summed E-state index contributed by atoms with van der Waals surface area (Å²) in [5, 5.41) is 4.05. The lowest BCUT2D eigenvalue weighted by Gasteiger charge is -2.16. The quantitative estimate of drug-likeness (QED) is 0.645. The van der Waals surface area contributed by atoms with Gasteiger partial charge in [-0.25, -0.2) is 8.78 Å². The Balaban J connectivity index is 2.08. The van der Waals surface area contributed by atoms with E-state index < -0.39 is 11.6 Å². The molecule has 0 saturated heterocycles. The molecule has 1 aromatic heterocycles. The van der Waals surface area contributed by atoms with Gasteiger partial charge in [-0.3, -0.25) is 11.3 Å². The van der Waals surface area contributed by atoms with Gasteiger partial charge in [0, 0.05) is 17.7 Å². The van der Waals surface area contributed by atoms with Gasteiger partial charge in [0.05, 0.1) is 0 Å². The van der Waals surface area contributed by atoms with Crippen LogP contribution in [0.25, 0.3) is 0 Å². The fraction of sp³-hybridized carbons (Fsp3) is 0.231. The maximum absolute atomic E-state index is 13.6. The fourth-order valence-electron chi connectivity index (χ4n) is 1.86. The number of thiophene rings is 1. The Kier molecular flexibility index (Phi) is 4.41. The molecule has 0 aliphatic rings. The van der Waals surface area contributed by atoms with Gasteiger partial charge < -0.3 is 0 Å². The summed E-state index contributed by atoms with van der Waals surface area (Å²) >= 11 is 1.62. The summed E-state index contributed by atoms with van der Waals surface area (Å²) in [5.74, 6) is 4.30. The Bertz CT molecular complexity index is 500. The smallest absolute Gasteiger partial charge is 0.130 e. The van der Waals surface area contributed by atoms with E-state index in [-0.39, 0.29) is 6.04 Å². The first-order chi connectivity index (χ1) is 8.70. The number of nitrogens with one attached hydrogen (secondary N) is 1. The van der Waals surface area contributed by atoms with E-state index in [2.05, 4.69) is 10.8 Å². The highest BCUT2D eigenvalue weighted by Crippen LogP contribution is 2.22. The van der Waals surface area contributed by atoms with Crippen LogP contribution in [0, 0.1) is 11.6 Å². The van der Waals surface area contributed by atoms with E-state index in [1.807, 2.05) is 11.4 Å². The van der Waals surface area contributed by atoms with Crippen molar-refractivity contribution in [3.8, 4) is 0 Å². The molecule has 0 radical (unpaired) electrons. The number of aryl methyl sites for hydroxylation is 1. The standard InChI is InChI=1S/C13H14F2N2S/c14-10-2-3-11(12(15)7-10)13(17-16)4-1-9-5-6-18-8-9/h2-3,5-8,13,17H,1,4,16H2. The summed E-state index contributed by atoms with van der Waals surface area (Å²) in [7, 11) is 0. The molecule has 0 bridgehead atoms. The van der Waals surface area contributed by atoms with Gasteiger partial charge in [-0.05, 0) is 41.3 Å². The molecule has 0 fully saturated rings. The highest BCUT2D eigenvalue weighted by Gasteiger charge is 2.15. The van der Waals surface area contributed by atoms with Crippen LogP contribution < -0.4 is 11.3 Å². The van der Waals surface area contributed by atoms with Crippen molar-refractivity contribution in [3.63, 3.8) is 0 Å². The summed E-state index contributed by atoms with van der Waals surface area (Å²) in [4.78, 5) is 0. The van der Waals surface area contributed by atoms with Crippen molar-refractivity contribution in [1.29, 1.82) is 0 Å². The lowest BCUT2D eigenvalue weighted by atomic mass is 10.00. The predicted octanol–water partition coefficient (Wildman–Crippen LogP) is 3.16. The molecule has 2 rings (SSSR count). The van der Waals surface area contributed by atoms with E-state index in [9.17, 15) is 8.78 Å². The molecule has 0 saturated carbocycles. The number of nitrogens with two attached hydrogens (primary N) is 1. The zero-order valence-electron chi connectivity index (χ0n) is 9.70. The molecule has 18 heavy (non-hydrogen) atoms. The molecular formula is C13H14F2N2S. The molecule has 3 N–H and O–H groups in total. The summed E-state index contributed by atoms with van der Waals surface area (Å²) in [6, 6.07) is 5.27. The Morgan fingerprint density at radius 3 is 2.72 bits per heavy atom. The second kappa shape index (κ2) is 6.04. The van der Waals surface area contributed by atoms with Crippen molar-refractivity contribution in [3.05, 3.63) is 57.8 Å². The molecule has 5 heteroatoms. The van der Waals surface area contributed by atoms with Crippen LogP contribution in [0.4, 0.5) is 8.78 Å². The summed E-state index contributed by atoms with van der Waals surface area (Å²) in [5.41, 5.74) is 4.18. The second-order valence-corrected chi connectivity index (χ2v) is 4.84. The number of hydrogen-bond donors (Lipinski definition) is 2. The molecule has 0 aliphatic heterocycles. The predicted molar refractivity (Wildman–Crippen MR) is 69.1 cm³/mol. The van der Waals surface area contributed by atoms with Crippen molar-refractivity contribution in [2.45, 2.75) is 18.9 Å². The third-order valence-electron chi connectivity index (χ3n) is 2.84. The molecule has 1 unspecified atom stereocenters. The van der Waals surface area contributed by atoms with Gasteiger partial charge in [-0.2, -0.15) is 11.3 Å². The largest absolute Gasteiger partial charge is 0.271 e. The van der Waals surface area contributed by atoms with E-state index in [1.165, 1.54) is 17.7 Å². The van der Waals surface area contributed by atoms with Crippen molar-refractivity contribution in [2.75, 3.05) is 0 Å². The van der Waals surface area contributed by atoms with Crippen molar-refractivity contribution < 1.29 is 8.78 Å². The van der Waals surface area contributed by atoms with Crippen molar-refractivity contribution >= 4 is 11.3 Å². The van der Waals surface area contributed by atoms with E-state index in [1.54, 1.807) is 11.3 Å². The van der Waals surface area contributed by atoms with Crippen LogP contribution in [-0.4, -0.2) is 0 Å². The summed E-state index contributed by atoms with van der Waals surface area (Å²) < 4.78 is 26.5. The molecule has 1 heterocycles. The maximum atomic E-state index is 13.6.